The first-order valence-corrected chi connectivity index (χ1v) is 5.78. The molecule has 0 fully saturated rings. The van der Waals surface area contributed by atoms with Crippen LogP contribution in [0.15, 0.2) is 5.11 Å². The number of nitrogens with zero attached hydrogens (tertiary/aromatic N) is 3. The SMILES string of the molecule is CC(C(O)C(C)(C)CCN=[N+]=[N-])S(=O)O. The summed E-state index contributed by atoms with van der Waals surface area (Å²) < 4.78 is 19.6. The Hall–Kier alpha value is -0.620. The van der Waals surface area contributed by atoms with Gasteiger partial charge in [0.2, 0.25) is 0 Å². The van der Waals surface area contributed by atoms with Crippen LogP contribution in [0.2, 0.25) is 0 Å². The molecule has 0 bridgehead atoms. The fourth-order valence-electron chi connectivity index (χ4n) is 1.28. The normalized spacial score (nSPS) is 17.7. The standard InChI is InChI=1S/C8H17N3O3S/c1-6(15(13)14)7(12)8(2,3)4-5-10-11-9/h6-7,12H,4-5H2,1-3H3,(H,13,14). The highest BCUT2D eigenvalue weighted by Gasteiger charge is 2.34. The molecule has 88 valence electrons. The van der Waals surface area contributed by atoms with Crippen LogP contribution in [0.1, 0.15) is 27.2 Å². The first-order chi connectivity index (χ1) is 6.83. The molecule has 6 nitrogen and oxygen atoms in total. The van der Waals surface area contributed by atoms with E-state index in [9.17, 15) is 9.32 Å². The lowest BCUT2D eigenvalue weighted by atomic mass is 9.82. The van der Waals surface area contributed by atoms with E-state index < -0.39 is 27.8 Å². The van der Waals surface area contributed by atoms with Crippen LogP contribution in [0.3, 0.4) is 0 Å². The summed E-state index contributed by atoms with van der Waals surface area (Å²) in [4.78, 5) is 2.61. The summed E-state index contributed by atoms with van der Waals surface area (Å²) in [6.07, 6.45) is -0.433. The van der Waals surface area contributed by atoms with Gasteiger partial charge in [0.15, 0.2) is 11.1 Å². The molecule has 0 spiro atoms. The van der Waals surface area contributed by atoms with E-state index in [1.165, 1.54) is 6.92 Å². The first kappa shape index (κ1) is 14.4. The molecular formula is C8H17N3O3S. The fraction of sp³-hybridized carbons (Fsp3) is 1.00. The van der Waals surface area contributed by atoms with E-state index in [2.05, 4.69) is 10.0 Å². The zero-order valence-corrected chi connectivity index (χ0v) is 9.94. The van der Waals surface area contributed by atoms with Crippen molar-refractivity contribution in [3.05, 3.63) is 10.4 Å². The van der Waals surface area contributed by atoms with Gasteiger partial charge in [0.25, 0.3) is 0 Å². The second-order valence-electron chi connectivity index (χ2n) is 4.12. The van der Waals surface area contributed by atoms with E-state index >= 15 is 0 Å². The Balaban J connectivity index is 4.42. The van der Waals surface area contributed by atoms with Crippen molar-refractivity contribution in [2.24, 2.45) is 10.5 Å². The molecule has 2 N–H and O–H groups in total. The third-order valence-electron chi connectivity index (χ3n) is 2.48. The molecular weight excluding hydrogens is 218 g/mol. The van der Waals surface area contributed by atoms with E-state index in [-0.39, 0.29) is 6.54 Å². The molecule has 0 rings (SSSR count). The Morgan fingerprint density at radius 2 is 2.13 bits per heavy atom. The minimum atomic E-state index is -2.05. The van der Waals surface area contributed by atoms with Gasteiger partial charge in [-0.15, -0.1) is 0 Å². The number of hydrogen-bond acceptors (Lipinski definition) is 3. The van der Waals surface area contributed by atoms with Crippen molar-refractivity contribution in [3.63, 3.8) is 0 Å². The van der Waals surface area contributed by atoms with Gasteiger partial charge in [0, 0.05) is 11.5 Å². The van der Waals surface area contributed by atoms with Gasteiger partial charge in [-0.3, -0.25) is 0 Å². The van der Waals surface area contributed by atoms with E-state index in [1.807, 2.05) is 0 Å². The van der Waals surface area contributed by atoms with Crippen LogP contribution in [-0.4, -0.2) is 31.8 Å². The maximum Gasteiger partial charge on any atom is 0.158 e. The van der Waals surface area contributed by atoms with Crippen molar-refractivity contribution in [3.8, 4) is 0 Å². The monoisotopic (exact) mass is 235 g/mol. The van der Waals surface area contributed by atoms with Gasteiger partial charge in [-0.05, 0) is 24.3 Å². The highest BCUT2D eigenvalue weighted by atomic mass is 32.2. The number of azide groups is 1. The van der Waals surface area contributed by atoms with E-state index in [0.717, 1.165) is 0 Å². The second kappa shape index (κ2) is 6.07. The molecule has 0 saturated heterocycles. The summed E-state index contributed by atoms with van der Waals surface area (Å²) in [5, 5.41) is 12.5. The Morgan fingerprint density at radius 3 is 2.53 bits per heavy atom. The Bertz CT molecular complexity index is 276. The average Bonchev–Trinajstić information content (AvgIpc) is 2.15. The molecule has 15 heavy (non-hydrogen) atoms. The molecule has 0 heterocycles. The van der Waals surface area contributed by atoms with Crippen LogP contribution in [0, 0.1) is 5.41 Å². The topological polar surface area (TPSA) is 106 Å². The van der Waals surface area contributed by atoms with Gasteiger partial charge in [-0.2, -0.15) is 0 Å². The highest BCUT2D eigenvalue weighted by Crippen LogP contribution is 2.28. The van der Waals surface area contributed by atoms with Crippen molar-refractivity contribution >= 4 is 11.1 Å². The molecule has 0 radical (unpaired) electrons. The summed E-state index contributed by atoms with van der Waals surface area (Å²) in [6, 6.07) is 0. The van der Waals surface area contributed by atoms with Gasteiger partial charge in [-0.1, -0.05) is 19.0 Å². The number of hydrogen-bond donors (Lipinski definition) is 2. The highest BCUT2D eigenvalue weighted by molar-refractivity contribution is 7.79. The summed E-state index contributed by atoms with van der Waals surface area (Å²) in [6.45, 7) is 5.32. The zero-order chi connectivity index (χ0) is 12.1. The summed E-state index contributed by atoms with van der Waals surface area (Å²) in [5.41, 5.74) is 7.56. The van der Waals surface area contributed by atoms with Crippen molar-refractivity contribution in [2.45, 2.75) is 38.5 Å². The van der Waals surface area contributed by atoms with Crippen LogP contribution in [0.25, 0.3) is 10.4 Å². The maximum absolute atomic E-state index is 10.8. The predicted molar refractivity (Wildman–Crippen MR) is 58.7 cm³/mol. The summed E-state index contributed by atoms with van der Waals surface area (Å²) in [5.74, 6) is 0. The molecule has 0 aliphatic heterocycles. The quantitative estimate of drug-likeness (QED) is 0.316. The molecule has 0 aromatic heterocycles. The zero-order valence-electron chi connectivity index (χ0n) is 9.12. The van der Waals surface area contributed by atoms with Crippen molar-refractivity contribution in [2.75, 3.05) is 6.54 Å². The number of rotatable bonds is 6. The van der Waals surface area contributed by atoms with Gasteiger partial charge >= 0.3 is 0 Å². The van der Waals surface area contributed by atoms with Crippen LogP contribution in [0.5, 0.6) is 0 Å². The first-order valence-electron chi connectivity index (χ1n) is 4.61. The lowest BCUT2D eigenvalue weighted by Crippen LogP contribution is -2.40. The van der Waals surface area contributed by atoms with Gasteiger partial charge < -0.3 is 9.66 Å². The number of aliphatic hydroxyl groups excluding tert-OH is 1. The van der Waals surface area contributed by atoms with E-state index in [0.29, 0.717) is 6.42 Å². The molecule has 0 aliphatic rings. The lowest BCUT2D eigenvalue weighted by Gasteiger charge is -2.32. The smallest absolute Gasteiger partial charge is 0.158 e. The van der Waals surface area contributed by atoms with Gasteiger partial charge in [-0.25, -0.2) is 4.21 Å². The number of aliphatic hydroxyl groups is 1. The molecule has 0 aromatic rings. The van der Waals surface area contributed by atoms with Crippen LogP contribution < -0.4 is 0 Å². The molecule has 0 aromatic carbocycles. The molecule has 0 aliphatic carbocycles. The Kier molecular flexibility index (Phi) is 5.82. The van der Waals surface area contributed by atoms with Gasteiger partial charge in [0.1, 0.15) is 0 Å². The van der Waals surface area contributed by atoms with E-state index in [1.54, 1.807) is 13.8 Å². The minimum absolute atomic E-state index is 0.269. The maximum atomic E-state index is 10.8. The second-order valence-corrected chi connectivity index (χ2v) is 5.42. The van der Waals surface area contributed by atoms with Gasteiger partial charge in [0.05, 0.1) is 11.4 Å². The van der Waals surface area contributed by atoms with Crippen LogP contribution >= 0.6 is 0 Å². The summed E-state index contributed by atoms with van der Waals surface area (Å²) >= 11 is -2.05. The molecule has 0 amide bonds. The van der Waals surface area contributed by atoms with Crippen molar-refractivity contribution in [1.29, 1.82) is 0 Å². The molecule has 7 heteroatoms. The fourth-order valence-corrected chi connectivity index (χ4v) is 1.87. The lowest BCUT2D eigenvalue weighted by molar-refractivity contribution is 0.0451. The molecule has 3 unspecified atom stereocenters. The van der Waals surface area contributed by atoms with E-state index in [4.69, 9.17) is 10.1 Å². The van der Waals surface area contributed by atoms with Crippen molar-refractivity contribution in [1.82, 2.24) is 0 Å². The third kappa shape index (κ3) is 4.61. The predicted octanol–water partition coefficient (Wildman–Crippen LogP) is 1.68. The molecule has 0 saturated carbocycles. The third-order valence-corrected chi connectivity index (χ3v) is 3.38. The largest absolute Gasteiger partial charge is 0.391 e. The van der Waals surface area contributed by atoms with Crippen LogP contribution in [0.4, 0.5) is 0 Å². The minimum Gasteiger partial charge on any atom is -0.391 e. The Morgan fingerprint density at radius 1 is 1.60 bits per heavy atom. The Labute approximate surface area is 91.6 Å². The summed E-state index contributed by atoms with van der Waals surface area (Å²) in [7, 11) is 0. The average molecular weight is 235 g/mol. The molecule has 3 atom stereocenters. The van der Waals surface area contributed by atoms with Crippen LogP contribution in [-0.2, 0) is 11.1 Å². The van der Waals surface area contributed by atoms with Crippen molar-refractivity contribution < 1.29 is 13.9 Å².